The second-order valence-electron chi connectivity index (χ2n) is 4.85. The van der Waals surface area contributed by atoms with Gasteiger partial charge in [-0.15, -0.1) is 0 Å². The second kappa shape index (κ2) is 7.14. The van der Waals surface area contributed by atoms with Crippen molar-refractivity contribution >= 4 is 23.2 Å². The van der Waals surface area contributed by atoms with E-state index in [1.54, 1.807) is 7.11 Å². The predicted octanol–water partition coefficient (Wildman–Crippen LogP) is 4.06. The summed E-state index contributed by atoms with van der Waals surface area (Å²) in [5.74, 6) is 6.56. The average Bonchev–Trinajstić information content (AvgIpc) is 2.47. The van der Waals surface area contributed by atoms with Gasteiger partial charge in [-0.25, -0.2) is 0 Å². The monoisotopic (exact) mass is 324 g/mol. The third kappa shape index (κ3) is 3.69. The van der Waals surface area contributed by atoms with Crippen molar-refractivity contribution in [3.05, 3.63) is 63.1 Å². The molecule has 3 nitrogen and oxygen atoms in total. The lowest BCUT2D eigenvalue weighted by Crippen LogP contribution is -2.29. The molecule has 2 aromatic carbocycles. The summed E-state index contributed by atoms with van der Waals surface area (Å²) in [6.45, 7) is 2.00. The van der Waals surface area contributed by atoms with Crippen molar-refractivity contribution in [1.82, 2.24) is 5.43 Å². The van der Waals surface area contributed by atoms with Gasteiger partial charge in [0.05, 0.1) is 13.2 Å². The number of hydrogen-bond acceptors (Lipinski definition) is 3. The number of halogens is 2. The zero-order valence-corrected chi connectivity index (χ0v) is 13.5. The van der Waals surface area contributed by atoms with Crippen molar-refractivity contribution in [1.29, 1.82) is 0 Å². The van der Waals surface area contributed by atoms with Crippen LogP contribution in [0.5, 0.6) is 5.75 Å². The molecule has 2 aromatic rings. The van der Waals surface area contributed by atoms with Gasteiger partial charge < -0.3 is 4.74 Å². The first kappa shape index (κ1) is 16.1. The van der Waals surface area contributed by atoms with Crippen LogP contribution in [0.15, 0.2) is 36.4 Å². The maximum absolute atomic E-state index is 6.22. The molecule has 0 spiro atoms. The molecule has 0 saturated heterocycles. The highest BCUT2D eigenvalue weighted by Crippen LogP contribution is 2.30. The summed E-state index contributed by atoms with van der Waals surface area (Å²) in [6.07, 6.45) is 0.612. The minimum atomic E-state index is -0.0768. The molecule has 112 valence electrons. The lowest BCUT2D eigenvalue weighted by Gasteiger charge is -2.19. The third-order valence-corrected chi connectivity index (χ3v) is 4.20. The highest BCUT2D eigenvalue weighted by molar-refractivity contribution is 6.36. The van der Waals surface area contributed by atoms with Gasteiger partial charge in [-0.3, -0.25) is 11.3 Å². The van der Waals surface area contributed by atoms with Crippen molar-refractivity contribution in [2.75, 3.05) is 7.11 Å². The van der Waals surface area contributed by atoms with E-state index in [1.165, 1.54) is 0 Å². The number of hydrazine groups is 1. The Balaban J connectivity index is 2.30. The molecular formula is C16H18Cl2N2O. The maximum Gasteiger partial charge on any atom is 0.121 e. The fraction of sp³-hybridized carbons (Fsp3) is 0.250. The van der Waals surface area contributed by atoms with Crippen molar-refractivity contribution in [2.24, 2.45) is 5.84 Å². The largest absolute Gasteiger partial charge is 0.496 e. The summed E-state index contributed by atoms with van der Waals surface area (Å²) in [7, 11) is 1.66. The number of nitrogens with one attached hydrogen (secondary N) is 1. The van der Waals surface area contributed by atoms with Crippen molar-refractivity contribution in [2.45, 2.75) is 19.4 Å². The molecule has 0 fully saturated rings. The molecule has 0 heterocycles. The summed E-state index contributed by atoms with van der Waals surface area (Å²) in [6, 6.07) is 11.4. The Labute approximate surface area is 135 Å². The molecule has 0 saturated carbocycles. The molecule has 3 N–H and O–H groups in total. The number of benzene rings is 2. The van der Waals surface area contributed by atoms with E-state index in [2.05, 4.69) is 5.43 Å². The van der Waals surface area contributed by atoms with Crippen LogP contribution in [-0.4, -0.2) is 7.11 Å². The highest BCUT2D eigenvalue weighted by atomic mass is 35.5. The first-order chi connectivity index (χ1) is 10.1. The summed E-state index contributed by atoms with van der Waals surface area (Å²) < 4.78 is 5.28. The molecule has 5 heteroatoms. The highest BCUT2D eigenvalue weighted by Gasteiger charge is 2.16. The third-order valence-electron chi connectivity index (χ3n) is 3.49. The number of aryl methyl sites for hydroxylation is 1. The smallest absolute Gasteiger partial charge is 0.121 e. The zero-order valence-electron chi connectivity index (χ0n) is 12.0. The molecule has 0 radical (unpaired) electrons. The van der Waals surface area contributed by atoms with E-state index in [1.807, 2.05) is 43.3 Å². The molecule has 1 atom stereocenters. The molecule has 0 bridgehead atoms. The Morgan fingerprint density at radius 3 is 2.38 bits per heavy atom. The minimum Gasteiger partial charge on any atom is -0.496 e. The van der Waals surface area contributed by atoms with Crippen LogP contribution >= 0.6 is 23.2 Å². The Kier molecular flexibility index (Phi) is 5.48. The van der Waals surface area contributed by atoms with Gasteiger partial charge in [-0.2, -0.15) is 0 Å². The molecule has 1 unspecified atom stereocenters. The normalized spacial score (nSPS) is 12.2. The Hall–Kier alpha value is -1.26. The number of nitrogens with two attached hydrogens (primary N) is 1. The van der Waals surface area contributed by atoms with Crippen LogP contribution in [0, 0.1) is 6.92 Å². The van der Waals surface area contributed by atoms with E-state index < -0.39 is 0 Å². The van der Waals surface area contributed by atoms with Crippen LogP contribution in [0.3, 0.4) is 0 Å². The van der Waals surface area contributed by atoms with Crippen LogP contribution in [-0.2, 0) is 6.42 Å². The van der Waals surface area contributed by atoms with Gasteiger partial charge in [0.1, 0.15) is 5.75 Å². The van der Waals surface area contributed by atoms with E-state index in [0.717, 1.165) is 22.4 Å². The van der Waals surface area contributed by atoms with E-state index in [9.17, 15) is 0 Å². The van der Waals surface area contributed by atoms with Crippen molar-refractivity contribution in [3.63, 3.8) is 0 Å². The van der Waals surface area contributed by atoms with Gasteiger partial charge >= 0.3 is 0 Å². The molecular weight excluding hydrogens is 307 g/mol. The van der Waals surface area contributed by atoms with Gasteiger partial charge in [0.25, 0.3) is 0 Å². The zero-order chi connectivity index (χ0) is 15.4. The first-order valence-electron chi connectivity index (χ1n) is 6.60. The summed E-state index contributed by atoms with van der Waals surface area (Å²) in [5, 5.41) is 1.29. The lowest BCUT2D eigenvalue weighted by molar-refractivity contribution is 0.411. The second-order valence-corrected chi connectivity index (χ2v) is 5.67. The molecule has 0 aromatic heterocycles. The first-order valence-corrected chi connectivity index (χ1v) is 7.36. The van der Waals surface area contributed by atoms with Crippen LogP contribution in [0.1, 0.15) is 22.7 Å². The molecule has 0 aliphatic carbocycles. The standard InChI is InChI=1S/C16H18Cl2N2O/c1-10-8-11(6-7-16(10)21-2)15(20-19)9-12-13(17)4-3-5-14(12)18/h3-8,15,20H,9,19H2,1-2H3. The minimum absolute atomic E-state index is 0.0768. The number of hydrogen-bond donors (Lipinski definition) is 2. The van der Waals surface area contributed by atoms with Crippen LogP contribution in [0.4, 0.5) is 0 Å². The van der Waals surface area contributed by atoms with Crippen LogP contribution in [0.25, 0.3) is 0 Å². The molecule has 21 heavy (non-hydrogen) atoms. The van der Waals surface area contributed by atoms with E-state index in [-0.39, 0.29) is 6.04 Å². The maximum atomic E-state index is 6.22. The number of methoxy groups -OCH3 is 1. The Morgan fingerprint density at radius 2 is 1.86 bits per heavy atom. The number of rotatable bonds is 5. The van der Waals surface area contributed by atoms with Gasteiger partial charge in [0, 0.05) is 10.0 Å². The average molecular weight is 325 g/mol. The molecule has 0 aliphatic heterocycles. The van der Waals surface area contributed by atoms with Crippen LogP contribution < -0.4 is 16.0 Å². The van der Waals surface area contributed by atoms with Gasteiger partial charge in [-0.1, -0.05) is 41.4 Å². The van der Waals surface area contributed by atoms with E-state index in [0.29, 0.717) is 16.5 Å². The van der Waals surface area contributed by atoms with E-state index in [4.69, 9.17) is 33.8 Å². The summed E-state index contributed by atoms with van der Waals surface area (Å²) in [5.41, 5.74) is 5.83. The predicted molar refractivity (Wildman–Crippen MR) is 88.0 cm³/mol. The van der Waals surface area contributed by atoms with Gasteiger partial charge in [0.2, 0.25) is 0 Å². The summed E-state index contributed by atoms with van der Waals surface area (Å²) >= 11 is 12.4. The van der Waals surface area contributed by atoms with E-state index >= 15 is 0 Å². The molecule has 0 aliphatic rings. The van der Waals surface area contributed by atoms with Crippen molar-refractivity contribution < 1.29 is 4.74 Å². The van der Waals surface area contributed by atoms with Crippen LogP contribution in [0.2, 0.25) is 10.0 Å². The van der Waals surface area contributed by atoms with Crippen molar-refractivity contribution in [3.8, 4) is 5.75 Å². The van der Waals surface area contributed by atoms with Gasteiger partial charge in [0.15, 0.2) is 0 Å². The number of ether oxygens (including phenoxy) is 1. The quantitative estimate of drug-likeness (QED) is 0.644. The topological polar surface area (TPSA) is 47.3 Å². The fourth-order valence-electron chi connectivity index (χ4n) is 2.32. The fourth-order valence-corrected chi connectivity index (χ4v) is 2.87. The lowest BCUT2D eigenvalue weighted by atomic mass is 9.97. The Morgan fingerprint density at radius 1 is 1.19 bits per heavy atom. The molecule has 2 rings (SSSR count). The van der Waals surface area contributed by atoms with Gasteiger partial charge in [-0.05, 0) is 48.2 Å². The summed E-state index contributed by atoms with van der Waals surface area (Å²) in [4.78, 5) is 0. The SMILES string of the molecule is COc1ccc(C(Cc2c(Cl)cccc2Cl)NN)cc1C. The Bertz CT molecular complexity index is 611. The molecule has 0 amide bonds.